The number of carboxylic acids is 1. The van der Waals surface area contributed by atoms with E-state index < -0.39 is 5.97 Å². The zero-order valence-corrected chi connectivity index (χ0v) is 8.21. The van der Waals surface area contributed by atoms with Gasteiger partial charge in [0, 0.05) is 4.90 Å². The number of benzene rings is 1. The molecule has 0 aromatic heterocycles. The third-order valence-electron chi connectivity index (χ3n) is 1.64. The van der Waals surface area contributed by atoms with E-state index in [-0.39, 0.29) is 16.2 Å². The van der Waals surface area contributed by atoms with Crippen LogP contribution in [-0.4, -0.2) is 18.2 Å². The lowest BCUT2D eigenvalue weighted by atomic mass is 10.1. The van der Waals surface area contributed by atoms with E-state index >= 15 is 0 Å². The second kappa shape index (κ2) is 4.03. The monoisotopic (exact) mass is 209 g/mol. The maximum Gasteiger partial charge on any atom is 0.340 e. The molecule has 0 saturated carbocycles. The summed E-state index contributed by atoms with van der Waals surface area (Å²) in [5, 5.41) is 17.5. The summed E-state index contributed by atoms with van der Waals surface area (Å²) in [4.78, 5) is 11.0. The van der Waals surface area contributed by atoms with Crippen molar-refractivity contribution in [2.75, 3.05) is 7.11 Å². The number of carboxylic acid groups (broad SMARTS) is 1. The van der Waals surface area contributed by atoms with Crippen LogP contribution in [0.25, 0.3) is 0 Å². The molecule has 5 heteroatoms. The molecule has 0 bridgehead atoms. The zero-order valence-electron chi connectivity index (χ0n) is 7.31. The smallest absolute Gasteiger partial charge is 0.340 e. The van der Waals surface area contributed by atoms with E-state index in [1.54, 1.807) is 0 Å². The SMILES string of the molecule is COc1cc(C#N)cc(S)c1C(=O)O. The third-order valence-corrected chi connectivity index (χ3v) is 2.00. The highest BCUT2D eigenvalue weighted by Gasteiger charge is 2.15. The van der Waals surface area contributed by atoms with Crippen molar-refractivity contribution in [3.63, 3.8) is 0 Å². The first-order valence-corrected chi connectivity index (χ1v) is 4.09. The number of hydrogen-bond acceptors (Lipinski definition) is 4. The predicted octanol–water partition coefficient (Wildman–Crippen LogP) is 1.55. The first-order chi connectivity index (χ1) is 6.60. The van der Waals surface area contributed by atoms with Crippen LogP contribution in [0.5, 0.6) is 5.75 Å². The molecule has 72 valence electrons. The number of thiol groups is 1. The topological polar surface area (TPSA) is 70.3 Å². The van der Waals surface area contributed by atoms with Crippen LogP contribution in [0.15, 0.2) is 17.0 Å². The van der Waals surface area contributed by atoms with Gasteiger partial charge in [0.15, 0.2) is 0 Å². The molecule has 0 amide bonds. The minimum absolute atomic E-state index is 0.0326. The maximum absolute atomic E-state index is 10.8. The van der Waals surface area contributed by atoms with Crippen LogP contribution in [0.4, 0.5) is 0 Å². The number of nitrogens with zero attached hydrogens (tertiary/aromatic N) is 1. The minimum Gasteiger partial charge on any atom is -0.496 e. The Morgan fingerprint density at radius 2 is 2.29 bits per heavy atom. The molecular weight excluding hydrogens is 202 g/mol. The summed E-state index contributed by atoms with van der Waals surface area (Å²) < 4.78 is 4.85. The van der Waals surface area contributed by atoms with Crippen molar-refractivity contribution >= 4 is 18.6 Å². The number of aromatic carboxylic acids is 1. The van der Waals surface area contributed by atoms with Gasteiger partial charge >= 0.3 is 5.97 Å². The predicted molar refractivity (Wildman–Crippen MR) is 51.9 cm³/mol. The van der Waals surface area contributed by atoms with Crippen molar-refractivity contribution in [1.29, 1.82) is 5.26 Å². The van der Waals surface area contributed by atoms with Crippen LogP contribution < -0.4 is 4.74 Å². The standard InChI is InChI=1S/C9H7NO3S/c1-13-6-2-5(4-10)3-7(14)8(6)9(11)12/h2-3,14H,1H3,(H,11,12). The summed E-state index contributed by atoms with van der Waals surface area (Å²) in [6.45, 7) is 0. The Labute approximate surface area is 86.1 Å². The Balaban J connectivity index is 3.44. The molecule has 1 rings (SSSR count). The Kier molecular flexibility index (Phi) is 2.99. The van der Waals surface area contributed by atoms with E-state index in [2.05, 4.69) is 12.6 Å². The fraction of sp³-hybridized carbons (Fsp3) is 0.111. The number of carbonyl (C=O) groups is 1. The molecule has 0 aliphatic carbocycles. The Hall–Kier alpha value is -1.67. The fourth-order valence-electron chi connectivity index (χ4n) is 1.04. The van der Waals surface area contributed by atoms with Crippen molar-refractivity contribution in [2.24, 2.45) is 0 Å². The van der Waals surface area contributed by atoms with Crippen molar-refractivity contribution in [3.8, 4) is 11.8 Å². The van der Waals surface area contributed by atoms with Crippen LogP contribution in [0.1, 0.15) is 15.9 Å². The number of hydrogen-bond donors (Lipinski definition) is 2. The van der Waals surface area contributed by atoms with Gasteiger partial charge in [-0.3, -0.25) is 0 Å². The molecular formula is C9H7NO3S. The van der Waals surface area contributed by atoms with Gasteiger partial charge in [0.2, 0.25) is 0 Å². The highest BCUT2D eigenvalue weighted by molar-refractivity contribution is 7.80. The number of methoxy groups -OCH3 is 1. The van der Waals surface area contributed by atoms with Crippen LogP contribution in [0, 0.1) is 11.3 Å². The van der Waals surface area contributed by atoms with Crippen LogP contribution in [-0.2, 0) is 0 Å². The normalized spacial score (nSPS) is 9.21. The van der Waals surface area contributed by atoms with Gasteiger partial charge in [-0.15, -0.1) is 12.6 Å². The summed E-state index contributed by atoms with van der Waals surface area (Å²) in [6.07, 6.45) is 0. The molecule has 0 spiro atoms. The van der Waals surface area contributed by atoms with E-state index in [4.69, 9.17) is 15.1 Å². The largest absolute Gasteiger partial charge is 0.496 e. The molecule has 14 heavy (non-hydrogen) atoms. The molecule has 1 aromatic rings. The van der Waals surface area contributed by atoms with Crippen molar-refractivity contribution in [1.82, 2.24) is 0 Å². The molecule has 1 N–H and O–H groups in total. The molecule has 4 nitrogen and oxygen atoms in total. The molecule has 1 aromatic carbocycles. The van der Waals surface area contributed by atoms with Crippen LogP contribution in [0.3, 0.4) is 0 Å². The molecule has 0 atom stereocenters. The van der Waals surface area contributed by atoms with E-state index in [0.717, 1.165) is 0 Å². The first-order valence-electron chi connectivity index (χ1n) is 3.64. The molecule has 0 heterocycles. The average Bonchev–Trinajstić information content (AvgIpc) is 2.15. The van der Waals surface area contributed by atoms with Gasteiger partial charge in [-0.05, 0) is 12.1 Å². The average molecular weight is 209 g/mol. The summed E-state index contributed by atoms with van der Waals surface area (Å²) in [6, 6.07) is 4.64. The van der Waals surface area contributed by atoms with E-state index in [9.17, 15) is 4.79 Å². The minimum atomic E-state index is -1.13. The Bertz CT molecular complexity index is 423. The van der Waals surface area contributed by atoms with Crippen molar-refractivity contribution in [3.05, 3.63) is 23.3 Å². The second-order valence-electron chi connectivity index (χ2n) is 2.49. The third kappa shape index (κ3) is 1.80. The fourth-order valence-corrected chi connectivity index (χ4v) is 1.39. The van der Waals surface area contributed by atoms with E-state index in [0.29, 0.717) is 5.56 Å². The number of nitriles is 1. The lowest BCUT2D eigenvalue weighted by molar-refractivity contribution is 0.0689. The van der Waals surface area contributed by atoms with Crippen molar-refractivity contribution < 1.29 is 14.6 Å². The van der Waals surface area contributed by atoms with Crippen molar-refractivity contribution in [2.45, 2.75) is 4.90 Å². The van der Waals surface area contributed by atoms with Crippen LogP contribution >= 0.6 is 12.6 Å². The summed E-state index contributed by atoms with van der Waals surface area (Å²) in [5.74, 6) is -0.988. The maximum atomic E-state index is 10.8. The Morgan fingerprint density at radius 3 is 2.71 bits per heavy atom. The van der Waals surface area contributed by atoms with E-state index in [1.807, 2.05) is 6.07 Å². The highest BCUT2D eigenvalue weighted by Crippen LogP contribution is 2.26. The Morgan fingerprint density at radius 1 is 1.64 bits per heavy atom. The van der Waals surface area contributed by atoms with E-state index in [1.165, 1.54) is 19.2 Å². The summed E-state index contributed by atoms with van der Waals surface area (Å²) in [7, 11) is 1.34. The van der Waals surface area contributed by atoms with Gasteiger partial charge in [0.1, 0.15) is 11.3 Å². The highest BCUT2D eigenvalue weighted by atomic mass is 32.1. The molecule has 0 aliphatic heterocycles. The molecule has 0 radical (unpaired) electrons. The summed E-state index contributed by atoms with van der Waals surface area (Å²) in [5.41, 5.74) is 0.284. The number of ether oxygens (including phenoxy) is 1. The first kappa shape index (κ1) is 10.4. The molecule has 0 unspecified atom stereocenters. The van der Waals surface area contributed by atoms with Crippen LogP contribution in [0.2, 0.25) is 0 Å². The van der Waals surface area contributed by atoms with Gasteiger partial charge in [-0.2, -0.15) is 5.26 Å². The van der Waals surface area contributed by atoms with Gasteiger partial charge in [-0.1, -0.05) is 0 Å². The summed E-state index contributed by atoms with van der Waals surface area (Å²) >= 11 is 3.97. The zero-order chi connectivity index (χ0) is 10.7. The number of rotatable bonds is 2. The lowest BCUT2D eigenvalue weighted by Gasteiger charge is -2.07. The lowest BCUT2D eigenvalue weighted by Crippen LogP contribution is -2.02. The molecule has 0 fully saturated rings. The molecule has 0 aliphatic rings. The van der Waals surface area contributed by atoms with Gasteiger partial charge in [0.25, 0.3) is 0 Å². The molecule has 0 saturated heterocycles. The van der Waals surface area contributed by atoms with Gasteiger partial charge < -0.3 is 9.84 Å². The second-order valence-corrected chi connectivity index (χ2v) is 2.97. The van der Waals surface area contributed by atoms with Gasteiger partial charge in [-0.25, -0.2) is 4.79 Å². The van der Waals surface area contributed by atoms with Gasteiger partial charge in [0.05, 0.1) is 18.7 Å². The quantitative estimate of drug-likeness (QED) is 0.725.